The van der Waals surface area contributed by atoms with E-state index in [0.29, 0.717) is 16.5 Å². The first-order valence-corrected chi connectivity index (χ1v) is 9.23. The molecule has 4 nitrogen and oxygen atoms in total. The highest BCUT2D eigenvalue weighted by Gasteiger charge is 2.14. The third kappa shape index (κ3) is 4.22. The van der Waals surface area contributed by atoms with Crippen LogP contribution in [0.4, 0.5) is 5.82 Å². The fourth-order valence-electron chi connectivity index (χ4n) is 1.51. The molecule has 0 saturated carbocycles. The molecule has 2 aromatic rings. The Kier molecular flexibility index (Phi) is 5.06. The molecule has 0 aliphatic rings. The van der Waals surface area contributed by atoms with Gasteiger partial charge in [-0.05, 0) is 36.4 Å². The molecule has 0 fully saturated rings. The topological polar surface area (TPSA) is 73.1 Å². The zero-order valence-corrected chi connectivity index (χ0v) is 13.7. The lowest BCUT2D eigenvalue weighted by Crippen LogP contribution is -2.08. The fourth-order valence-corrected chi connectivity index (χ4v) is 4.30. The number of nitrogen functional groups attached to an aromatic ring is 1. The Labute approximate surface area is 130 Å². The van der Waals surface area contributed by atoms with Gasteiger partial charge >= 0.3 is 0 Å². The number of nitrogens with two attached hydrogens (primary N) is 1. The van der Waals surface area contributed by atoms with Crippen LogP contribution in [-0.4, -0.2) is 24.9 Å². The van der Waals surface area contributed by atoms with Crippen LogP contribution in [0.5, 0.6) is 0 Å². The second-order valence-corrected chi connectivity index (χ2v) is 8.23. The van der Waals surface area contributed by atoms with Gasteiger partial charge in [0.25, 0.3) is 0 Å². The van der Waals surface area contributed by atoms with Gasteiger partial charge in [-0.2, -0.15) is 0 Å². The minimum absolute atomic E-state index is 0.0870. The van der Waals surface area contributed by atoms with Gasteiger partial charge < -0.3 is 5.73 Å². The van der Waals surface area contributed by atoms with E-state index in [4.69, 9.17) is 5.73 Å². The van der Waals surface area contributed by atoms with E-state index in [-0.39, 0.29) is 5.75 Å². The van der Waals surface area contributed by atoms with E-state index in [1.54, 1.807) is 36.5 Å². The van der Waals surface area contributed by atoms with Crippen molar-refractivity contribution in [1.29, 1.82) is 0 Å². The van der Waals surface area contributed by atoms with Crippen molar-refractivity contribution in [3.05, 3.63) is 47.1 Å². The minimum atomic E-state index is -3.24. The lowest BCUT2D eigenvalue weighted by atomic mass is 10.4. The normalized spacial score (nSPS) is 11.4. The average molecular weight is 373 g/mol. The molecule has 2 rings (SSSR count). The van der Waals surface area contributed by atoms with Crippen LogP contribution >= 0.6 is 27.7 Å². The van der Waals surface area contributed by atoms with Gasteiger partial charge in [0.05, 0.1) is 10.6 Å². The SMILES string of the molecule is Nc1ccc(SCCS(=O)(=O)c2ccc(Br)cc2)cn1. The molecular formula is C13H13BrN2O2S2. The summed E-state index contributed by atoms with van der Waals surface area (Å²) in [6, 6.07) is 10.2. The summed E-state index contributed by atoms with van der Waals surface area (Å²) in [7, 11) is -3.24. The number of nitrogens with zero attached hydrogens (tertiary/aromatic N) is 1. The van der Waals surface area contributed by atoms with Crippen molar-refractivity contribution in [1.82, 2.24) is 4.98 Å². The van der Waals surface area contributed by atoms with Gasteiger partial charge in [-0.15, -0.1) is 11.8 Å². The zero-order chi connectivity index (χ0) is 14.6. The molecule has 0 unspecified atom stereocenters. The zero-order valence-electron chi connectivity index (χ0n) is 10.5. The summed E-state index contributed by atoms with van der Waals surface area (Å²) in [4.78, 5) is 5.22. The highest BCUT2D eigenvalue weighted by molar-refractivity contribution is 9.10. The molecule has 7 heteroatoms. The van der Waals surface area contributed by atoms with E-state index in [1.807, 2.05) is 6.07 Å². The second-order valence-electron chi connectivity index (χ2n) is 4.04. The van der Waals surface area contributed by atoms with Gasteiger partial charge in [-0.1, -0.05) is 15.9 Å². The fraction of sp³-hybridized carbons (Fsp3) is 0.154. The summed E-state index contributed by atoms with van der Waals surface area (Å²) in [6.07, 6.45) is 1.65. The summed E-state index contributed by atoms with van der Waals surface area (Å²) in [5.41, 5.74) is 5.49. The van der Waals surface area contributed by atoms with Gasteiger partial charge in [0.2, 0.25) is 0 Å². The number of aromatic nitrogens is 1. The number of thioether (sulfide) groups is 1. The number of sulfone groups is 1. The van der Waals surface area contributed by atoms with Gasteiger partial charge in [0.1, 0.15) is 5.82 Å². The molecule has 1 heterocycles. The molecule has 1 aromatic heterocycles. The number of anilines is 1. The number of rotatable bonds is 5. The van der Waals surface area contributed by atoms with Crippen molar-refractivity contribution in [3.63, 3.8) is 0 Å². The Morgan fingerprint density at radius 3 is 2.45 bits per heavy atom. The van der Waals surface area contributed by atoms with Crippen LogP contribution < -0.4 is 5.73 Å². The molecule has 0 amide bonds. The Hall–Kier alpha value is -1.05. The van der Waals surface area contributed by atoms with Crippen LogP contribution in [-0.2, 0) is 9.84 Å². The molecule has 0 saturated heterocycles. The summed E-state index contributed by atoms with van der Waals surface area (Å²) in [5.74, 6) is 1.02. The van der Waals surface area contributed by atoms with Crippen LogP contribution in [0.15, 0.2) is 56.9 Å². The Morgan fingerprint density at radius 2 is 1.85 bits per heavy atom. The first-order chi connectivity index (χ1) is 9.47. The number of benzene rings is 1. The third-order valence-electron chi connectivity index (χ3n) is 2.55. The largest absolute Gasteiger partial charge is 0.384 e. The number of hydrogen-bond acceptors (Lipinski definition) is 5. The maximum atomic E-state index is 12.1. The molecule has 0 bridgehead atoms. The average Bonchev–Trinajstić information content (AvgIpc) is 2.41. The molecule has 0 aliphatic carbocycles. The molecule has 0 spiro atoms. The third-order valence-corrected chi connectivity index (χ3v) is 6.05. The number of halogens is 1. The van der Waals surface area contributed by atoms with Gasteiger partial charge in [-0.3, -0.25) is 0 Å². The predicted molar refractivity (Wildman–Crippen MR) is 85.6 cm³/mol. The van der Waals surface area contributed by atoms with Crippen molar-refractivity contribution in [2.24, 2.45) is 0 Å². The van der Waals surface area contributed by atoms with Crippen molar-refractivity contribution in [2.45, 2.75) is 9.79 Å². The summed E-state index contributed by atoms with van der Waals surface area (Å²) in [6.45, 7) is 0. The van der Waals surface area contributed by atoms with E-state index in [2.05, 4.69) is 20.9 Å². The van der Waals surface area contributed by atoms with E-state index in [9.17, 15) is 8.42 Å². The first-order valence-electron chi connectivity index (χ1n) is 5.80. The Balaban J connectivity index is 1.96. The van der Waals surface area contributed by atoms with Crippen molar-refractivity contribution >= 4 is 43.3 Å². The molecule has 20 heavy (non-hydrogen) atoms. The monoisotopic (exact) mass is 372 g/mol. The van der Waals surface area contributed by atoms with Gasteiger partial charge in [0.15, 0.2) is 9.84 Å². The lowest BCUT2D eigenvalue weighted by molar-refractivity contribution is 0.597. The smallest absolute Gasteiger partial charge is 0.179 e. The Morgan fingerprint density at radius 1 is 1.15 bits per heavy atom. The van der Waals surface area contributed by atoms with Gasteiger partial charge in [-0.25, -0.2) is 13.4 Å². The van der Waals surface area contributed by atoms with E-state index >= 15 is 0 Å². The van der Waals surface area contributed by atoms with Crippen LogP contribution in [0.3, 0.4) is 0 Å². The standard InChI is InChI=1S/C13H13BrN2O2S2/c14-10-1-4-12(5-2-10)20(17,18)8-7-19-11-3-6-13(15)16-9-11/h1-6,9H,7-8H2,(H2,15,16). The van der Waals surface area contributed by atoms with Crippen LogP contribution in [0.1, 0.15) is 0 Å². The highest BCUT2D eigenvalue weighted by atomic mass is 79.9. The first kappa shape index (κ1) is 15.3. The summed E-state index contributed by atoms with van der Waals surface area (Å²) < 4.78 is 25.1. The molecule has 2 N–H and O–H groups in total. The number of pyridine rings is 1. The van der Waals surface area contributed by atoms with Crippen molar-refractivity contribution in [3.8, 4) is 0 Å². The quantitative estimate of drug-likeness (QED) is 0.816. The van der Waals surface area contributed by atoms with E-state index < -0.39 is 9.84 Å². The van der Waals surface area contributed by atoms with Crippen LogP contribution in [0.25, 0.3) is 0 Å². The number of hydrogen-bond donors (Lipinski definition) is 1. The maximum absolute atomic E-state index is 12.1. The van der Waals surface area contributed by atoms with E-state index in [0.717, 1.165) is 9.37 Å². The highest BCUT2D eigenvalue weighted by Crippen LogP contribution is 2.20. The minimum Gasteiger partial charge on any atom is -0.384 e. The van der Waals surface area contributed by atoms with Crippen LogP contribution in [0.2, 0.25) is 0 Å². The Bertz CT molecular complexity index is 671. The van der Waals surface area contributed by atoms with Crippen LogP contribution in [0, 0.1) is 0 Å². The molecule has 0 atom stereocenters. The summed E-state index contributed by atoms with van der Waals surface area (Å²) >= 11 is 4.73. The summed E-state index contributed by atoms with van der Waals surface area (Å²) in [5, 5.41) is 0. The molecule has 1 aromatic carbocycles. The molecule has 0 radical (unpaired) electrons. The predicted octanol–water partition coefficient (Wildman–Crippen LogP) is 2.99. The molecule has 0 aliphatic heterocycles. The van der Waals surface area contributed by atoms with Crippen molar-refractivity contribution in [2.75, 3.05) is 17.2 Å². The van der Waals surface area contributed by atoms with Crippen molar-refractivity contribution < 1.29 is 8.42 Å². The lowest BCUT2D eigenvalue weighted by Gasteiger charge is -2.05. The van der Waals surface area contributed by atoms with E-state index in [1.165, 1.54) is 11.8 Å². The maximum Gasteiger partial charge on any atom is 0.179 e. The molecule has 106 valence electrons. The molecular weight excluding hydrogens is 360 g/mol. The van der Waals surface area contributed by atoms with Gasteiger partial charge in [0, 0.05) is 21.3 Å². The second kappa shape index (κ2) is 6.60.